The van der Waals surface area contributed by atoms with Crippen molar-refractivity contribution in [1.29, 1.82) is 0 Å². The molecule has 1 fully saturated rings. The second kappa shape index (κ2) is 9.72. The maximum atomic E-state index is 15.4. The zero-order valence-electron chi connectivity index (χ0n) is 19.7. The molecule has 1 aromatic heterocycles. The number of benzene rings is 2. The van der Waals surface area contributed by atoms with Crippen molar-refractivity contribution in [3.63, 3.8) is 0 Å². The van der Waals surface area contributed by atoms with E-state index in [1.165, 1.54) is 6.20 Å². The largest absolute Gasteiger partial charge is 0.490 e. The molecule has 0 unspecified atom stereocenters. The highest BCUT2D eigenvalue weighted by atomic mass is 35.5. The van der Waals surface area contributed by atoms with E-state index in [-0.39, 0.29) is 47.5 Å². The minimum Gasteiger partial charge on any atom is -0.490 e. The highest BCUT2D eigenvalue weighted by Crippen LogP contribution is 2.52. The summed E-state index contributed by atoms with van der Waals surface area (Å²) < 4.78 is 68.0. The van der Waals surface area contributed by atoms with Gasteiger partial charge in [0, 0.05) is 40.4 Å². The highest BCUT2D eigenvalue weighted by Gasteiger charge is 2.53. The van der Waals surface area contributed by atoms with E-state index in [0.717, 1.165) is 23.4 Å². The second-order valence-corrected chi connectivity index (χ2v) is 12.1. The lowest BCUT2D eigenvalue weighted by Crippen LogP contribution is -2.55. The summed E-state index contributed by atoms with van der Waals surface area (Å²) in [7, 11) is -3.61. The van der Waals surface area contributed by atoms with Gasteiger partial charge in [-0.05, 0) is 68.1 Å². The lowest BCUT2D eigenvalue weighted by molar-refractivity contribution is -0.0963. The molecule has 2 aliphatic heterocycles. The molecular weight excluding hydrogens is 508 g/mol. The smallest absolute Gasteiger partial charge is 0.179 e. The van der Waals surface area contributed by atoms with Gasteiger partial charge in [-0.15, -0.1) is 0 Å². The van der Waals surface area contributed by atoms with Gasteiger partial charge in [-0.3, -0.25) is 4.98 Å². The van der Waals surface area contributed by atoms with Crippen molar-refractivity contribution in [2.45, 2.75) is 42.6 Å². The summed E-state index contributed by atoms with van der Waals surface area (Å²) in [5.41, 5.74) is 1.02. The molecule has 5 rings (SSSR count). The van der Waals surface area contributed by atoms with Gasteiger partial charge in [0.15, 0.2) is 21.4 Å². The summed E-state index contributed by atoms with van der Waals surface area (Å²) in [6.45, 7) is 2.17. The Hall–Kier alpha value is -2.55. The molecule has 5 nitrogen and oxygen atoms in total. The molecule has 3 aromatic rings. The number of halogens is 3. The van der Waals surface area contributed by atoms with Gasteiger partial charge in [0.2, 0.25) is 0 Å². The summed E-state index contributed by atoms with van der Waals surface area (Å²) >= 11 is 6.07. The molecule has 3 atom stereocenters. The van der Waals surface area contributed by atoms with E-state index in [1.54, 1.807) is 31.2 Å². The normalized spacial score (nSPS) is 23.4. The van der Waals surface area contributed by atoms with Crippen LogP contribution in [0.25, 0.3) is 0 Å². The minimum absolute atomic E-state index is 0.0702. The van der Waals surface area contributed by atoms with Crippen LogP contribution in [0.1, 0.15) is 29.7 Å². The van der Waals surface area contributed by atoms with Crippen LogP contribution >= 0.6 is 11.6 Å². The summed E-state index contributed by atoms with van der Waals surface area (Å²) in [6.07, 6.45) is 1.89. The van der Waals surface area contributed by atoms with Crippen molar-refractivity contribution in [3.05, 3.63) is 88.2 Å². The van der Waals surface area contributed by atoms with Crippen LogP contribution in [0.15, 0.2) is 59.6 Å². The molecule has 0 spiro atoms. The number of pyridine rings is 1. The van der Waals surface area contributed by atoms with E-state index in [1.807, 2.05) is 12.1 Å². The van der Waals surface area contributed by atoms with Gasteiger partial charge in [0.05, 0.1) is 23.4 Å². The van der Waals surface area contributed by atoms with Gasteiger partial charge >= 0.3 is 0 Å². The Morgan fingerprint density at radius 3 is 2.56 bits per heavy atom. The third kappa shape index (κ3) is 4.62. The minimum atomic E-state index is -3.61. The van der Waals surface area contributed by atoms with Gasteiger partial charge in [-0.2, -0.15) is 0 Å². The van der Waals surface area contributed by atoms with Gasteiger partial charge in [0.25, 0.3) is 0 Å². The molecule has 0 N–H and O–H groups in total. The Labute approximate surface area is 214 Å². The van der Waals surface area contributed by atoms with Gasteiger partial charge in [-0.1, -0.05) is 23.7 Å². The zero-order chi connectivity index (χ0) is 25.5. The maximum absolute atomic E-state index is 15.4. The molecule has 36 heavy (non-hydrogen) atoms. The number of nitrogens with zero attached hydrogens (tertiary/aromatic N) is 1. The first-order valence-electron chi connectivity index (χ1n) is 11.8. The number of rotatable bonds is 6. The van der Waals surface area contributed by atoms with Crippen LogP contribution in [0.4, 0.5) is 8.78 Å². The van der Waals surface area contributed by atoms with Crippen molar-refractivity contribution < 1.29 is 26.7 Å². The summed E-state index contributed by atoms with van der Waals surface area (Å²) in [5.74, 6) is -1.76. The van der Waals surface area contributed by atoms with Gasteiger partial charge in [-0.25, -0.2) is 17.2 Å². The average molecular weight is 534 g/mol. The third-order valence-electron chi connectivity index (χ3n) is 7.35. The molecule has 2 aromatic carbocycles. The number of aryl methyl sites for hydroxylation is 1. The number of hydrogen-bond donors (Lipinski definition) is 0. The number of ether oxygens (including phenoxy) is 2. The molecule has 0 aliphatic carbocycles. The Kier molecular flexibility index (Phi) is 6.78. The van der Waals surface area contributed by atoms with Crippen LogP contribution in [-0.4, -0.2) is 38.5 Å². The van der Waals surface area contributed by atoms with Crippen molar-refractivity contribution in [2.24, 2.45) is 5.92 Å². The molecule has 1 saturated heterocycles. The fourth-order valence-corrected chi connectivity index (χ4v) is 6.92. The van der Waals surface area contributed by atoms with Crippen LogP contribution < -0.4 is 4.74 Å². The van der Waals surface area contributed by atoms with Crippen LogP contribution in [0.3, 0.4) is 0 Å². The maximum Gasteiger partial charge on any atom is 0.179 e. The molecule has 2 aliphatic rings. The van der Waals surface area contributed by atoms with E-state index in [9.17, 15) is 12.8 Å². The Balaban J connectivity index is 1.50. The summed E-state index contributed by atoms with van der Waals surface area (Å²) in [6, 6.07) is 12.7. The number of aromatic nitrogens is 1. The predicted molar refractivity (Wildman–Crippen MR) is 132 cm³/mol. The van der Waals surface area contributed by atoms with E-state index < -0.39 is 33.0 Å². The van der Waals surface area contributed by atoms with Gasteiger partial charge < -0.3 is 9.47 Å². The van der Waals surface area contributed by atoms with Crippen LogP contribution in [-0.2, 0) is 26.4 Å². The monoisotopic (exact) mass is 533 g/mol. The van der Waals surface area contributed by atoms with Crippen LogP contribution in [0, 0.1) is 24.5 Å². The van der Waals surface area contributed by atoms with E-state index in [4.69, 9.17) is 21.1 Å². The topological polar surface area (TPSA) is 65.5 Å². The first-order valence-corrected chi connectivity index (χ1v) is 13.9. The molecular formula is C27H26ClF2NO4S. The fraction of sp³-hybridized carbons (Fsp3) is 0.370. The number of sulfone groups is 1. The molecule has 0 radical (unpaired) electrons. The molecule has 190 valence electrons. The summed E-state index contributed by atoms with van der Waals surface area (Å²) in [5, 5.41) is 0.582. The molecule has 3 heterocycles. The standard InChI is InChI=1S/C27H26ClF2NO4S/c1-17-2-7-20(15-31-17)36(32,33)13-10-24-21-16-35-26-23(30)9-8-22(29)25(26)27(21,11-12-34-24)14-18-3-5-19(28)6-4-18/h2-9,15,21,24H,10-14,16H2,1H3/t21-,24-,27-/m0/s1. The van der Waals surface area contributed by atoms with E-state index in [2.05, 4.69) is 4.98 Å². The van der Waals surface area contributed by atoms with Crippen molar-refractivity contribution in [3.8, 4) is 5.75 Å². The quantitative estimate of drug-likeness (QED) is 0.421. The average Bonchev–Trinajstić information content (AvgIpc) is 2.86. The van der Waals surface area contributed by atoms with Crippen LogP contribution in [0.5, 0.6) is 5.75 Å². The van der Waals surface area contributed by atoms with E-state index >= 15 is 4.39 Å². The fourth-order valence-electron chi connectivity index (χ4n) is 5.52. The molecule has 9 heteroatoms. The number of hydrogen-bond acceptors (Lipinski definition) is 5. The first kappa shape index (κ1) is 25.1. The lowest BCUT2D eigenvalue weighted by Gasteiger charge is -2.51. The van der Waals surface area contributed by atoms with Gasteiger partial charge in [0.1, 0.15) is 5.82 Å². The van der Waals surface area contributed by atoms with Crippen LogP contribution in [0.2, 0.25) is 5.02 Å². The molecule has 0 saturated carbocycles. The van der Waals surface area contributed by atoms with Crippen molar-refractivity contribution >= 4 is 21.4 Å². The third-order valence-corrected chi connectivity index (χ3v) is 9.33. The lowest BCUT2D eigenvalue weighted by atomic mass is 9.60. The second-order valence-electron chi connectivity index (χ2n) is 9.51. The van der Waals surface area contributed by atoms with Crippen molar-refractivity contribution in [1.82, 2.24) is 4.98 Å². The Morgan fingerprint density at radius 2 is 1.83 bits per heavy atom. The summed E-state index contributed by atoms with van der Waals surface area (Å²) in [4.78, 5) is 4.24. The first-order chi connectivity index (χ1) is 17.2. The van der Waals surface area contributed by atoms with Crippen molar-refractivity contribution in [2.75, 3.05) is 19.0 Å². The number of fused-ring (bicyclic) bond motifs is 3. The SMILES string of the molecule is Cc1ccc(S(=O)(=O)CC[C@@H]2OCC[C@@]3(Cc4ccc(Cl)cc4)c4c(F)ccc(F)c4OC[C@@H]23)cn1. The predicted octanol–water partition coefficient (Wildman–Crippen LogP) is 5.46. The zero-order valence-corrected chi connectivity index (χ0v) is 21.3. The molecule has 0 amide bonds. The highest BCUT2D eigenvalue weighted by molar-refractivity contribution is 7.91. The Bertz CT molecular complexity index is 1370. The Morgan fingerprint density at radius 1 is 1.08 bits per heavy atom. The molecule has 0 bridgehead atoms. The van der Waals surface area contributed by atoms with E-state index in [0.29, 0.717) is 17.9 Å².